The molecule has 1 N–H and O–H groups in total. The second-order valence-electron chi connectivity index (χ2n) is 3.73. The van der Waals surface area contributed by atoms with Crippen LogP contribution in [0.3, 0.4) is 0 Å². The summed E-state index contributed by atoms with van der Waals surface area (Å²) in [4.78, 5) is 14.4. The van der Waals surface area contributed by atoms with Crippen molar-refractivity contribution >= 4 is 10.9 Å². The molecule has 0 aliphatic rings. The molecule has 1 aromatic heterocycles. The standard InChI is InChI=1S/C13H12N2O/c1-2-9-3-4-12-11(7-9)8-10(5-6-14)13(16)15-12/h3-4,7-8H,2,5H2,1H3,(H,15,16). The number of hydrogen-bond donors (Lipinski definition) is 1. The number of aromatic nitrogens is 1. The van der Waals surface area contributed by atoms with Crippen molar-refractivity contribution in [2.75, 3.05) is 0 Å². The highest BCUT2D eigenvalue weighted by Crippen LogP contribution is 2.14. The van der Waals surface area contributed by atoms with Crippen LogP contribution < -0.4 is 5.56 Å². The largest absolute Gasteiger partial charge is 0.322 e. The van der Waals surface area contributed by atoms with Crippen LogP contribution in [0, 0.1) is 11.3 Å². The van der Waals surface area contributed by atoms with Crippen molar-refractivity contribution in [3.63, 3.8) is 0 Å². The SMILES string of the molecule is CCc1ccc2[nH]c(=O)c(CC#N)cc2c1. The van der Waals surface area contributed by atoms with Crippen molar-refractivity contribution in [1.82, 2.24) is 4.98 Å². The quantitative estimate of drug-likeness (QED) is 0.829. The van der Waals surface area contributed by atoms with Crippen molar-refractivity contribution < 1.29 is 0 Å². The van der Waals surface area contributed by atoms with Crippen molar-refractivity contribution in [2.24, 2.45) is 0 Å². The van der Waals surface area contributed by atoms with Gasteiger partial charge >= 0.3 is 0 Å². The van der Waals surface area contributed by atoms with Gasteiger partial charge in [0.2, 0.25) is 0 Å². The highest BCUT2D eigenvalue weighted by atomic mass is 16.1. The molecule has 0 saturated carbocycles. The van der Waals surface area contributed by atoms with Gasteiger partial charge in [-0.25, -0.2) is 0 Å². The second-order valence-corrected chi connectivity index (χ2v) is 3.73. The van der Waals surface area contributed by atoms with Crippen LogP contribution in [0.4, 0.5) is 0 Å². The Balaban J connectivity index is 2.66. The number of H-pyrrole nitrogens is 1. The first-order valence-corrected chi connectivity index (χ1v) is 5.26. The van der Waals surface area contributed by atoms with Crippen LogP contribution in [0.5, 0.6) is 0 Å². The van der Waals surface area contributed by atoms with E-state index >= 15 is 0 Å². The van der Waals surface area contributed by atoms with Gasteiger partial charge < -0.3 is 4.98 Å². The van der Waals surface area contributed by atoms with Gasteiger partial charge in [-0.05, 0) is 35.6 Å². The highest BCUT2D eigenvalue weighted by Gasteiger charge is 2.02. The van der Waals surface area contributed by atoms with Crippen molar-refractivity contribution in [1.29, 1.82) is 5.26 Å². The third kappa shape index (κ3) is 1.82. The summed E-state index contributed by atoms with van der Waals surface area (Å²) in [5, 5.41) is 9.60. The number of nitriles is 1. The number of nitrogens with one attached hydrogen (secondary N) is 1. The molecular formula is C13H12N2O. The number of nitrogens with zero attached hydrogens (tertiary/aromatic N) is 1. The first kappa shape index (κ1) is 10.4. The minimum Gasteiger partial charge on any atom is -0.322 e. The zero-order valence-corrected chi connectivity index (χ0v) is 9.08. The number of aryl methyl sites for hydroxylation is 1. The Morgan fingerprint density at radius 1 is 1.38 bits per heavy atom. The Hall–Kier alpha value is -2.08. The van der Waals surface area contributed by atoms with Gasteiger partial charge in [0.15, 0.2) is 0 Å². The average molecular weight is 212 g/mol. The van der Waals surface area contributed by atoms with Gasteiger partial charge in [-0.1, -0.05) is 13.0 Å². The third-order valence-corrected chi connectivity index (χ3v) is 2.66. The first-order valence-electron chi connectivity index (χ1n) is 5.26. The third-order valence-electron chi connectivity index (χ3n) is 2.66. The van der Waals surface area contributed by atoms with Crippen molar-refractivity contribution in [2.45, 2.75) is 19.8 Å². The molecule has 0 unspecified atom stereocenters. The summed E-state index contributed by atoms with van der Waals surface area (Å²) in [6.45, 7) is 2.09. The molecule has 2 aromatic rings. The van der Waals surface area contributed by atoms with Crippen LogP contribution in [0.15, 0.2) is 29.1 Å². The molecule has 0 atom stereocenters. The van der Waals surface area contributed by atoms with E-state index in [0.29, 0.717) is 5.56 Å². The molecule has 80 valence electrons. The van der Waals surface area contributed by atoms with Gasteiger partial charge in [-0.3, -0.25) is 4.79 Å². The monoisotopic (exact) mass is 212 g/mol. The molecule has 3 nitrogen and oxygen atoms in total. The van der Waals surface area contributed by atoms with E-state index in [1.54, 1.807) is 6.07 Å². The Kier molecular flexibility index (Phi) is 2.74. The van der Waals surface area contributed by atoms with E-state index in [2.05, 4.69) is 11.9 Å². The maximum Gasteiger partial charge on any atom is 0.252 e. The molecule has 0 aliphatic carbocycles. The van der Waals surface area contributed by atoms with E-state index in [1.165, 1.54) is 5.56 Å². The van der Waals surface area contributed by atoms with Gasteiger partial charge in [0.1, 0.15) is 0 Å². The molecule has 1 heterocycles. The molecule has 3 heteroatoms. The lowest BCUT2D eigenvalue weighted by Gasteiger charge is -2.02. The minimum absolute atomic E-state index is 0.154. The van der Waals surface area contributed by atoms with Crippen LogP contribution >= 0.6 is 0 Å². The smallest absolute Gasteiger partial charge is 0.252 e. The van der Waals surface area contributed by atoms with Crippen LogP contribution in [0.1, 0.15) is 18.1 Å². The van der Waals surface area contributed by atoms with Crippen LogP contribution in [-0.4, -0.2) is 4.98 Å². The lowest BCUT2D eigenvalue weighted by molar-refractivity contribution is 1.13. The van der Waals surface area contributed by atoms with Gasteiger partial charge in [0, 0.05) is 11.1 Å². The summed E-state index contributed by atoms with van der Waals surface area (Å²) in [6.07, 6.45) is 1.12. The highest BCUT2D eigenvalue weighted by molar-refractivity contribution is 5.79. The van der Waals surface area contributed by atoms with Gasteiger partial charge in [0.25, 0.3) is 5.56 Å². The molecule has 16 heavy (non-hydrogen) atoms. The number of fused-ring (bicyclic) bond motifs is 1. The van der Waals surface area contributed by atoms with Crippen LogP contribution in [-0.2, 0) is 12.8 Å². The molecule has 0 fully saturated rings. The van der Waals surface area contributed by atoms with E-state index in [4.69, 9.17) is 5.26 Å². The molecule has 1 aromatic carbocycles. The Labute approximate surface area is 93.3 Å². The fourth-order valence-corrected chi connectivity index (χ4v) is 1.74. The summed E-state index contributed by atoms with van der Waals surface area (Å²) in [6, 6.07) is 9.76. The van der Waals surface area contributed by atoms with E-state index in [9.17, 15) is 4.79 Å². The van der Waals surface area contributed by atoms with Crippen LogP contribution in [0.25, 0.3) is 10.9 Å². The zero-order valence-electron chi connectivity index (χ0n) is 9.08. The Morgan fingerprint density at radius 3 is 2.88 bits per heavy atom. The van der Waals surface area contributed by atoms with Crippen molar-refractivity contribution in [3.8, 4) is 6.07 Å². The average Bonchev–Trinajstić information content (AvgIpc) is 2.30. The molecule has 2 rings (SSSR count). The summed E-state index contributed by atoms with van der Waals surface area (Å²) >= 11 is 0. The summed E-state index contributed by atoms with van der Waals surface area (Å²) in [7, 11) is 0. The number of aromatic amines is 1. The maximum atomic E-state index is 11.6. The topological polar surface area (TPSA) is 56.6 Å². The first-order chi connectivity index (χ1) is 7.74. The molecule has 0 radical (unpaired) electrons. The van der Waals surface area contributed by atoms with Crippen LogP contribution in [0.2, 0.25) is 0 Å². The fraction of sp³-hybridized carbons (Fsp3) is 0.231. The van der Waals surface area contributed by atoms with E-state index in [1.807, 2.05) is 24.3 Å². The normalized spacial score (nSPS) is 10.2. The van der Waals surface area contributed by atoms with E-state index in [0.717, 1.165) is 17.3 Å². The lowest BCUT2D eigenvalue weighted by atomic mass is 10.1. The predicted octanol–water partition coefficient (Wildman–Crippen LogP) is 2.16. The van der Waals surface area contributed by atoms with Gasteiger partial charge in [0.05, 0.1) is 12.5 Å². The Bertz CT molecular complexity index is 620. The summed E-state index contributed by atoms with van der Waals surface area (Å²) < 4.78 is 0. The second kappa shape index (κ2) is 4.19. The predicted molar refractivity (Wildman–Crippen MR) is 63.3 cm³/mol. The molecule has 0 bridgehead atoms. The number of rotatable bonds is 2. The summed E-state index contributed by atoms with van der Waals surface area (Å²) in [5.74, 6) is 0. The van der Waals surface area contributed by atoms with Gasteiger partial charge in [-0.15, -0.1) is 0 Å². The number of benzene rings is 1. The minimum atomic E-state index is -0.168. The number of pyridine rings is 1. The van der Waals surface area contributed by atoms with Gasteiger partial charge in [-0.2, -0.15) is 5.26 Å². The van der Waals surface area contributed by atoms with E-state index < -0.39 is 0 Å². The number of hydrogen-bond acceptors (Lipinski definition) is 2. The molecule has 0 aliphatic heterocycles. The van der Waals surface area contributed by atoms with Crippen molar-refractivity contribution in [3.05, 3.63) is 45.7 Å². The molecule has 0 amide bonds. The molecule has 0 saturated heterocycles. The fourth-order valence-electron chi connectivity index (χ4n) is 1.74. The molecule has 0 spiro atoms. The van der Waals surface area contributed by atoms with E-state index in [-0.39, 0.29) is 12.0 Å². The molecular weight excluding hydrogens is 200 g/mol. The summed E-state index contributed by atoms with van der Waals surface area (Å²) in [5.41, 5.74) is 2.41. The zero-order chi connectivity index (χ0) is 11.5. The lowest BCUT2D eigenvalue weighted by Crippen LogP contribution is -2.11. The maximum absolute atomic E-state index is 11.6. The Morgan fingerprint density at radius 2 is 2.19 bits per heavy atom.